The fraction of sp³-hybridized carbons (Fsp3) is 0.400. The molecule has 8 heteroatoms. The van der Waals surface area contributed by atoms with E-state index in [1.54, 1.807) is 17.1 Å². The number of hydrogen-bond donors (Lipinski definition) is 1. The van der Waals surface area contributed by atoms with Crippen LogP contribution in [0.2, 0.25) is 0 Å². The normalized spacial score (nSPS) is 15.8. The van der Waals surface area contributed by atoms with E-state index in [-0.39, 0.29) is 18.5 Å². The highest BCUT2D eigenvalue weighted by molar-refractivity contribution is 5.95. The Morgan fingerprint density at radius 1 is 1.21 bits per heavy atom. The molecule has 1 saturated heterocycles. The third-order valence-electron chi connectivity index (χ3n) is 5.34. The van der Waals surface area contributed by atoms with Gasteiger partial charge < -0.3 is 10.2 Å². The Morgan fingerprint density at radius 3 is 2.75 bits per heavy atom. The summed E-state index contributed by atoms with van der Waals surface area (Å²) in [5.41, 5.74) is 1.92. The molecule has 1 amide bonds. The van der Waals surface area contributed by atoms with Crippen molar-refractivity contribution in [2.75, 3.05) is 31.6 Å². The van der Waals surface area contributed by atoms with Gasteiger partial charge in [0.1, 0.15) is 12.5 Å². The van der Waals surface area contributed by atoms with Gasteiger partial charge in [0, 0.05) is 36.7 Å². The number of benzene rings is 1. The first-order valence-electron chi connectivity index (χ1n) is 9.48. The monoisotopic (exact) mass is 382 g/mol. The second-order valence-corrected chi connectivity index (χ2v) is 7.17. The molecule has 28 heavy (non-hydrogen) atoms. The van der Waals surface area contributed by atoms with Gasteiger partial charge in [0.15, 0.2) is 0 Å². The van der Waals surface area contributed by atoms with E-state index < -0.39 is 0 Å². The summed E-state index contributed by atoms with van der Waals surface area (Å²) in [6.07, 6.45) is 4.98. The molecule has 1 aromatic carbocycles. The lowest BCUT2D eigenvalue weighted by Gasteiger charge is -2.30. The number of carbonyl (C=O) groups is 1. The van der Waals surface area contributed by atoms with Crippen LogP contribution in [0.1, 0.15) is 12.8 Å². The third-order valence-corrected chi connectivity index (χ3v) is 5.34. The molecule has 1 N–H and O–H groups in total. The van der Waals surface area contributed by atoms with Gasteiger partial charge in [0.2, 0.25) is 5.91 Å². The molecule has 2 aromatic heterocycles. The molecule has 4 rings (SSSR count). The van der Waals surface area contributed by atoms with Crippen molar-refractivity contribution in [3.8, 4) is 11.3 Å². The third kappa shape index (κ3) is 3.87. The van der Waals surface area contributed by atoms with E-state index in [4.69, 9.17) is 0 Å². The highest BCUT2D eigenvalue weighted by Crippen LogP contribution is 2.25. The second-order valence-electron chi connectivity index (χ2n) is 7.17. The molecule has 0 atom stereocenters. The Kier molecular flexibility index (Phi) is 5.29. The zero-order chi connectivity index (χ0) is 19.5. The Labute approximate surface area is 162 Å². The highest BCUT2D eigenvalue weighted by atomic mass is 19.1. The van der Waals surface area contributed by atoms with E-state index in [1.165, 1.54) is 0 Å². The molecule has 0 unspecified atom stereocenters. The SMILES string of the molecule is Cn1nncc1-c1ccc2cnc(NC(=O)C3CCN(CCF)CC3)cc2c1. The molecule has 3 aromatic rings. The van der Waals surface area contributed by atoms with E-state index in [9.17, 15) is 9.18 Å². The van der Waals surface area contributed by atoms with Crippen LogP contribution < -0.4 is 5.32 Å². The van der Waals surface area contributed by atoms with Crippen molar-refractivity contribution in [1.29, 1.82) is 0 Å². The maximum Gasteiger partial charge on any atom is 0.228 e. The Morgan fingerprint density at radius 2 is 2.04 bits per heavy atom. The molecule has 0 aliphatic carbocycles. The van der Waals surface area contributed by atoms with Gasteiger partial charge in [-0.25, -0.2) is 14.1 Å². The minimum Gasteiger partial charge on any atom is -0.310 e. The number of rotatable bonds is 5. The molecule has 1 fully saturated rings. The Bertz CT molecular complexity index is 980. The van der Waals surface area contributed by atoms with E-state index in [1.807, 2.05) is 31.3 Å². The first kappa shape index (κ1) is 18.5. The van der Waals surface area contributed by atoms with Gasteiger partial charge in [-0.3, -0.25) is 4.79 Å². The van der Waals surface area contributed by atoms with Crippen LogP contribution in [0, 0.1) is 5.92 Å². The average Bonchev–Trinajstić information content (AvgIpc) is 3.14. The molecule has 146 valence electrons. The average molecular weight is 382 g/mol. The van der Waals surface area contributed by atoms with Crippen LogP contribution in [0.4, 0.5) is 10.2 Å². The van der Waals surface area contributed by atoms with Gasteiger partial charge in [-0.2, -0.15) is 0 Å². The number of hydrogen-bond acceptors (Lipinski definition) is 5. The van der Waals surface area contributed by atoms with Crippen molar-refractivity contribution in [1.82, 2.24) is 24.9 Å². The minimum absolute atomic E-state index is 0.0151. The number of nitrogens with zero attached hydrogens (tertiary/aromatic N) is 5. The molecule has 1 aliphatic rings. The number of pyridine rings is 1. The Hall–Kier alpha value is -2.87. The van der Waals surface area contributed by atoms with Gasteiger partial charge in [0.25, 0.3) is 0 Å². The van der Waals surface area contributed by atoms with E-state index >= 15 is 0 Å². The zero-order valence-corrected chi connectivity index (χ0v) is 15.8. The molecule has 7 nitrogen and oxygen atoms in total. The number of halogens is 1. The molecular weight excluding hydrogens is 359 g/mol. The number of fused-ring (bicyclic) bond motifs is 1. The largest absolute Gasteiger partial charge is 0.310 e. The van der Waals surface area contributed by atoms with Gasteiger partial charge in [-0.1, -0.05) is 17.3 Å². The predicted molar refractivity (Wildman–Crippen MR) is 106 cm³/mol. The van der Waals surface area contributed by atoms with E-state index in [2.05, 4.69) is 25.5 Å². The summed E-state index contributed by atoms with van der Waals surface area (Å²) in [6.45, 7) is 1.63. The fourth-order valence-corrected chi connectivity index (χ4v) is 3.69. The first-order valence-corrected chi connectivity index (χ1v) is 9.48. The van der Waals surface area contributed by atoms with Crippen LogP contribution in [0.15, 0.2) is 36.7 Å². The number of aryl methyl sites for hydroxylation is 1. The van der Waals surface area contributed by atoms with Crippen LogP contribution in [0.5, 0.6) is 0 Å². The Balaban J connectivity index is 1.48. The summed E-state index contributed by atoms with van der Waals surface area (Å²) in [6, 6.07) is 7.93. The topological polar surface area (TPSA) is 75.9 Å². The molecule has 1 aliphatic heterocycles. The number of aromatic nitrogens is 4. The number of nitrogens with one attached hydrogen (secondary N) is 1. The second kappa shape index (κ2) is 8.02. The molecule has 0 bridgehead atoms. The van der Waals surface area contributed by atoms with Crippen LogP contribution in [-0.2, 0) is 11.8 Å². The minimum atomic E-state index is -0.339. The first-order chi connectivity index (χ1) is 13.6. The van der Waals surface area contributed by atoms with Gasteiger partial charge >= 0.3 is 0 Å². The smallest absolute Gasteiger partial charge is 0.228 e. The summed E-state index contributed by atoms with van der Waals surface area (Å²) in [7, 11) is 1.85. The summed E-state index contributed by atoms with van der Waals surface area (Å²) < 4.78 is 14.2. The fourth-order valence-electron chi connectivity index (χ4n) is 3.69. The van der Waals surface area contributed by atoms with Gasteiger partial charge in [0.05, 0.1) is 11.9 Å². The zero-order valence-electron chi connectivity index (χ0n) is 15.8. The maximum absolute atomic E-state index is 12.6. The van der Waals surface area contributed by atoms with Gasteiger partial charge in [-0.15, -0.1) is 5.10 Å². The summed E-state index contributed by atoms with van der Waals surface area (Å²) in [5, 5.41) is 12.8. The maximum atomic E-state index is 12.6. The summed E-state index contributed by atoms with van der Waals surface area (Å²) >= 11 is 0. The number of alkyl halides is 1. The molecule has 3 heterocycles. The number of amides is 1. The van der Waals surface area contributed by atoms with Crippen LogP contribution in [-0.4, -0.2) is 57.1 Å². The number of carbonyl (C=O) groups excluding carboxylic acids is 1. The lowest BCUT2D eigenvalue weighted by Crippen LogP contribution is -2.39. The van der Waals surface area contributed by atoms with Gasteiger partial charge in [-0.05, 0) is 43.5 Å². The standard InChI is InChI=1S/C20H23FN6O/c1-26-18(13-23-25-26)15-2-3-16-12-22-19(11-17(16)10-15)24-20(28)14-4-7-27(8-5-14)9-6-21/h2-3,10-14H,4-9H2,1H3,(H,22,24,28). The molecule has 0 saturated carbocycles. The number of anilines is 1. The van der Waals surface area contributed by atoms with Crippen molar-refractivity contribution >= 4 is 22.5 Å². The number of piperidine rings is 1. The van der Waals surface area contributed by atoms with Crippen molar-refractivity contribution in [2.24, 2.45) is 13.0 Å². The summed E-state index contributed by atoms with van der Waals surface area (Å²) in [4.78, 5) is 19.0. The van der Waals surface area contributed by atoms with Crippen LogP contribution >= 0.6 is 0 Å². The van der Waals surface area contributed by atoms with Crippen molar-refractivity contribution in [3.63, 3.8) is 0 Å². The lowest BCUT2D eigenvalue weighted by atomic mass is 9.96. The lowest BCUT2D eigenvalue weighted by molar-refractivity contribution is -0.121. The van der Waals surface area contributed by atoms with Crippen molar-refractivity contribution < 1.29 is 9.18 Å². The molecule has 0 spiro atoms. The molecule has 0 radical (unpaired) electrons. The number of likely N-dealkylation sites (tertiary alicyclic amines) is 1. The van der Waals surface area contributed by atoms with Crippen LogP contribution in [0.3, 0.4) is 0 Å². The van der Waals surface area contributed by atoms with Crippen molar-refractivity contribution in [2.45, 2.75) is 12.8 Å². The van der Waals surface area contributed by atoms with Crippen molar-refractivity contribution in [3.05, 3.63) is 36.7 Å². The highest BCUT2D eigenvalue weighted by Gasteiger charge is 2.25. The van der Waals surface area contributed by atoms with E-state index in [0.29, 0.717) is 12.4 Å². The predicted octanol–water partition coefficient (Wildman–Crippen LogP) is 2.65. The quantitative estimate of drug-likeness (QED) is 0.734. The van der Waals surface area contributed by atoms with Crippen LogP contribution in [0.25, 0.3) is 22.0 Å². The summed E-state index contributed by atoms with van der Waals surface area (Å²) in [5.74, 6) is 0.475. The molecular formula is C20H23FN6O. The van der Waals surface area contributed by atoms with E-state index in [0.717, 1.165) is 48.0 Å².